The van der Waals surface area contributed by atoms with E-state index in [2.05, 4.69) is 53.7 Å². The fraction of sp³-hybridized carbons (Fsp3) is 0.455. The van der Waals surface area contributed by atoms with E-state index in [0.29, 0.717) is 6.10 Å². The summed E-state index contributed by atoms with van der Waals surface area (Å²) in [5.74, 6) is 1.03. The molecule has 14 heavy (non-hydrogen) atoms. The smallest absolute Gasteiger partial charge is 0.135 e. The van der Waals surface area contributed by atoms with E-state index in [1.165, 1.54) is 22.1 Å². The maximum Gasteiger partial charge on any atom is 0.135 e. The zero-order valence-corrected chi connectivity index (χ0v) is 10.6. The Hall–Kier alpha value is -0.450. The van der Waals surface area contributed by atoms with E-state index >= 15 is 0 Å². The molecule has 0 heterocycles. The zero-order chi connectivity index (χ0) is 10.1. The van der Waals surface area contributed by atoms with Crippen molar-refractivity contribution in [3.8, 4) is 5.75 Å². The highest BCUT2D eigenvalue weighted by Gasteiger charge is 2.24. The average Bonchev–Trinajstić information content (AvgIpc) is 2.92. The second kappa shape index (κ2) is 3.96. The molecule has 0 bridgehead atoms. The summed E-state index contributed by atoms with van der Waals surface area (Å²) in [5, 5.41) is 0. The minimum Gasteiger partial charge on any atom is -0.489 e. The normalized spacial score (nSPS) is 15.4. The molecule has 1 aromatic rings. The van der Waals surface area contributed by atoms with Gasteiger partial charge in [-0.1, -0.05) is 6.07 Å². The van der Waals surface area contributed by atoms with Gasteiger partial charge < -0.3 is 9.64 Å². The molecule has 0 atom stereocenters. The van der Waals surface area contributed by atoms with Crippen molar-refractivity contribution in [1.82, 2.24) is 0 Å². The Morgan fingerprint density at radius 2 is 2.07 bits per heavy atom. The summed E-state index contributed by atoms with van der Waals surface area (Å²) in [6.07, 6.45) is 2.89. The molecule has 76 valence electrons. The molecule has 0 aliphatic heterocycles. The first-order chi connectivity index (χ1) is 6.68. The molecule has 0 N–H and O–H groups in total. The lowest BCUT2D eigenvalue weighted by molar-refractivity contribution is 0.301. The van der Waals surface area contributed by atoms with E-state index < -0.39 is 0 Å². The van der Waals surface area contributed by atoms with Gasteiger partial charge in [0.15, 0.2) is 0 Å². The Labute approximate surface area is 98.4 Å². The molecule has 0 unspecified atom stereocenters. The molecule has 0 saturated heterocycles. The summed E-state index contributed by atoms with van der Waals surface area (Å²) in [7, 11) is 4.11. The monoisotopic (exact) mass is 303 g/mol. The van der Waals surface area contributed by atoms with Gasteiger partial charge in [0.25, 0.3) is 0 Å². The molecule has 3 heteroatoms. The Kier molecular flexibility index (Phi) is 2.85. The number of halogens is 1. The minimum absolute atomic E-state index is 0.473. The SMILES string of the molecule is CN(C)c1cccc(OC2CC2)c1I. The van der Waals surface area contributed by atoms with Crippen molar-refractivity contribution < 1.29 is 4.74 Å². The van der Waals surface area contributed by atoms with Crippen molar-refractivity contribution >= 4 is 28.3 Å². The first kappa shape index (κ1) is 10.1. The number of hydrogen-bond donors (Lipinski definition) is 0. The van der Waals surface area contributed by atoms with Crippen LogP contribution < -0.4 is 9.64 Å². The summed E-state index contributed by atoms with van der Waals surface area (Å²) < 4.78 is 7.02. The van der Waals surface area contributed by atoms with Crippen LogP contribution in [0.25, 0.3) is 0 Å². The molecule has 0 radical (unpaired) electrons. The molecule has 1 fully saturated rings. The van der Waals surface area contributed by atoms with Crippen molar-refractivity contribution in [2.24, 2.45) is 0 Å². The van der Waals surface area contributed by atoms with Crippen LogP contribution in [-0.2, 0) is 0 Å². The molecule has 1 aliphatic rings. The molecule has 2 rings (SSSR count). The van der Waals surface area contributed by atoms with E-state index in [1.54, 1.807) is 0 Å². The fourth-order valence-electron chi connectivity index (χ4n) is 1.30. The minimum atomic E-state index is 0.473. The van der Waals surface area contributed by atoms with Crippen LogP contribution in [0.1, 0.15) is 12.8 Å². The highest BCUT2D eigenvalue weighted by Crippen LogP contribution is 2.34. The van der Waals surface area contributed by atoms with Gasteiger partial charge in [0, 0.05) is 14.1 Å². The first-order valence-electron chi connectivity index (χ1n) is 4.81. The summed E-state index contributed by atoms with van der Waals surface area (Å²) >= 11 is 2.35. The van der Waals surface area contributed by atoms with Crippen molar-refractivity contribution in [3.05, 3.63) is 21.8 Å². The highest BCUT2D eigenvalue weighted by atomic mass is 127. The predicted octanol–water partition coefficient (Wildman–Crippen LogP) is 2.90. The standard InChI is InChI=1S/C11H14INO/c1-13(2)9-4-3-5-10(11(9)12)14-8-6-7-8/h3-5,8H,6-7H2,1-2H3. The lowest BCUT2D eigenvalue weighted by Gasteiger charge is -2.17. The number of rotatable bonds is 3. The third kappa shape index (κ3) is 2.13. The molecule has 1 aliphatic carbocycles. The van der Waals surface area contributed by atoms with Gasteiger partial charge in [-0.05, 0) is 47.6 Å². The van der Waals surface area contributed by atoms with Gasteiger partial charge in [0.1, 0.15) is 5.75 Å². The Balaban J connectivity index is 2.25. The molecule has 0 amide bonds. The van der Waals surface area contributed by atoms with Gasteiger partial charge in [-0.25, -0.2) is 0 Å². The largest absolute Gasteiger partial charge is 0.489 e. The summed E-state index contributed by atoms with van der Waals surface area (Å²) in [6, 6.07) is 6.21. The van der Waals surface area contributed by atoms with E-state index in [-0.39, 0.29) is 0 Å². The maximum atomic E-state index is 5.81. The van der Waals surface area contributed by atoms with Crippen molar-refractivity contribution in [2.75, 3.05) is 19.0 Å². The van der Waals surface area contributed by atoms with Gasteiger partial charge in [-0.3, -0.25) is 0 Å². The molecule has 2 nitrogen and oxygen atoms in total. The Morgan fingerprint density at radius 3 is 2.64 bits per heavy atom. The van der Waals surface area contributed by atoms with E-state index in [9.17, 15) is 0 Å². The summed E-state index contributed by atoms with van der Waals surface area (Å²) in [6.45, 7) is 0. The molecular weight excluding hydrogens is 289 g/mol. The fourth-order valence-corrected chi connectivity index (χ4v) is 2.27. The van der Waals surface area contributed by atoms with Gasteiger partial charge in [0.2, 0.25) is 0 Å². The Morgan fingerprint density at radius 1 is 1.36 bits per heavy atom. The third-order valence-corrected chi connectivity index (χ3v) is 3.33. The lowest BCUT2D eigenvalue weighted by atomic mass is 10.3. The van der Waals surface area contributed by atoms with Gasteiger partial charge in [0.05, 0.1) is 15.4 Å². The van der Waals surface area contributed by atoms with Crippen molar-refractivity contribution in [2.45, 2.75) is 18.9 Å². The second-order valence-corrected chi connectivity index (χ2v) is 4.88. The van der Waals surface area contributed by atoms with E-state index in [4.69, 9.17) is 4.74 Å². The topological polar surface area (TPSA) is 12.5 Å². The van der Waals surface area contributed by atoms with Gasteiger partial charge in [-0.15, -0.1) is 0 Å². The summed E-state index contributed by atoms with van der Waals surface area (Å²) in [4.78, 5) is 2.11. The van der Waals surface area contributed by atoms with Crippen LogP contribution in [0.4, 0.5) is 5.69 Å². The van der Waals surface area contributed by atoms with Crippen molar-refractivity contribution in [1.29, 1.82) is 0 Å². The maximum absolute atomic E-state index is 5.81. The summed E-state index contributed by atoms with van der Waals surface area (Å²) in [5.41, 5.74) is 1.23. The lowest BCUT2D eigenvalue weighted by Crippen LogP contribution is -2.11. The van der Waals surface area contributed by atoms with Crippen molar-refractivity contribution in [3.63, 3.8) is 0 Å². The van der Waals surface area contributed by atoms with Crippen LogP contribution in [-0.4, -0.2) is 20.2 Å². The number of anilines is 1. The van der Waals surface area contributed by atoms with Gasteiger partial charge >= 0.3 is 0 Å². The van der Waals surface area contributed by atoms with Crippen LogP contribution in [0.2, 0.25) is 0 Å². The quantitative estimate of drug-likeness (QED) is 0.796. The molecule has 0 spiro atoms. The van der Waals surface area contributed by atoms with Crippen LogP contribution in [0.3, 0.4) is 0 Å². The first-order valence-corrected chi connectivity index (χ1v) is 5.89. The molecule has 1 saturated carbocycles. The van der Waals surface area contributed by atoms with Gasteiger partial charge in [-0.2, -0.15) is 0 Å². The van der Waals surface area contributed by atoms with E-state index in [0.717, 1.165) is 5.75 Å². The zero-order valence-electron chi connectivity index (χ0n) is 8.46. The molecular formula is C11H14INO. The van der Waals surface area contributed by atoms with E-state index in [1.807, 2.05) is 6.07 Å². The predicted molar refractivity (Wildman–Crippen MR) is 67.1 cm³/mol. The van der Waals surface area contributed by atoms with Crippen LogP contribution in [0, 0.1) is 3.57 Å². The third-order valence-electron chi connectivity index (χ3n) is 2.24. The highest BCUT2D eigenvalue weighted by molar-refractivity contribution is 14.1. The number of nitrogens with zero attached hydrogens (tertiary/aromatic N) is 1. The van der Waals surface area contributed by atoms with Crippen LogP contribution >= 0.6 is 22.6 Å². The molecule has 1 aromatic carbocycles. The number of ether oxygens (including phenoxy) is 1. The molecule has 0 aromatic heterocycles. The number of benzene rings is 1. The number of hydrogen-bond acceptors (Lipinski definition) is 2. The average molecular weight is 303 g/mol. The Bertz CT molecular complexity index is 334. The second-order valence-electron chi connectivity index (χ2n) is 3.80. The van der Waals surface area contributed by atoms with Crippen LogP contribution in [0.15, 0.2) is 18.2 Å². The van der Waals surface area contributed by atoms with Crippen LogP contribution in [0.5, 0.6) is 5.75 Å².